The fourth-order valence-corrected chi connectivity index (χ4v) is 10.8. The molecule has 0 spiro atoms. The Balaban J connectivity index is 0.00000505. The Morgan fingerprint density at radius 2 is 1.23 bits per heavy atom. The van der Waals surface area contributed by atoms with Crippen LogP contribution in [0.15, 0.2) is 170 Å². The first-order valence-electron chi connectivity index (χ1n) is 23.2. The van der Waals surface area contributed by atoms with Crippen LogP contribution in [0, 0.1) is 30.1 Å². The van der Waals surface area contributed by atoms with Gasteiger partial charge in [0.2, 0.25) is 0 Å². The van der Waals surface area contributed by atoms with Crippen LogP contribution in [-0.2, 0) is 40.6 Å². The SMILES string of the molecule is Cn1c2ccccc2c2cc3c4ccccc4n(C)c3c(N3[CH-]N(c4[c-]c(Oc5[c-]c6c(cc5)c5cc(C#N)ccc5n6-c5cc(C(C)(C)C)c(-c6ccccc6)cn5)ccc4)c4ccccc43)c21.[Pt]. The maximum absolute atomic E-state index is 9.94. The van der Waals surface area contributed by atoms with E-state index in [1.807, 2.05) is 48.7 Å². The summed E-state index contributed by atoms with van der Waals surface area (Å²) in [7, 11) is 4.35. The third-order valence-electron chi connectivity index (χ3n) is 13.9. The number of anilines is 4. The predicted octanol–water partition coefficient (Wildman–Crippen LogP) is 15.1. The molecular formula is C61H44N7OPt-3. The number of pyridine rings is 1. The van der Waals surface area contributed by atoms with Gasteiger partial charge in [-0.25, -0.2) is 4.98 Å². The number of nitriles is 1. The number of nitrogens with zero attached hydrogens (tertiary/aromatic N) is 7. The van der Waals surface area contributed by atoms with E-state index in [1.54, 1.807) is 0 Å². The summed E-state index contributed by atoms with van der Waals surface area (Å²) in [5, 5.41) is 16.7. The monoisotopic (exact) mass is 1090 g/mol. The zero-order valence-corrected chi connectivity index (χ0v) is 41.4. The fraction of sp³-hybridized carbons (Fsp3) is 0.0984. The zero-order chi connectivity index (χ0) is 46.7. The number of rotatable bonds is 6. The van der Waals surface area contributed by atoms with Crippen molar-refractivity contribution >= 4 is 88.2 Å². The molecular weight excluding hydrogens is 1040 g/mol. The van der Waals surface area contributed by atoms with Crippen LogP contribution in [0.25, 0.3) is 82.4 Å². The number of ether oxygens (including phenoxy) is 1. The van der Waals surface area contributed by atoms with Crippen LogP contribution in [0.4, 0.5) is 22.7 Å². The number of fused-ring (bicyclic) bond motifs is 10. The normalized spacial score (nSPS) is 12.7. The van der Waals surface area contributed by atoms with Crippen molar-refractivity contribution in [1.29, 1.82) is 5.26 Å². The van der Waals surface area contributed by atoms with Crippen molar-refractivity contribution in [2.75, 3.05) is 9.80 Å². The molecule has 1 aliphatic rings. The molecule has 12 aromatic rings. The standard InChI is InChI=1S/C61H44N7O.Pt/c1-61(2,3)50-34-57(63-36-49(50)39-16-7-6-8-17-39)68-53-29-26-38(35-62)30-46(53)45-28-27-42(32-56(45)68)69-41-19-15-18-40(31-41)66-37-67(55-25-14-13-24-54(55)66)60-58-47(43-20-9-11-22-51(43)64(58)4)33-48-44-21-10-12-23-52(44)65(5)59(48)60;/h6-30,33-34,36-37H,1-5H3;/q-3;. The quantitative estimate of drug-likeness (QED) is 0.155. The third-order valence-corrected chi connectivity index (χ3v) is 13.9. The summed E-state index contributed by atoms with van der Waals surface area (Å²) in [6.07, 6.45) is 1.98. The maximum Gasteiger partial charge on any atom is 0.135 e. The molecule has 70 heavy (non-hydrogen) atoms. The largest absolute Gasteiger partial charge is 0.509 e. The van der Waals surface area contributed by atoms with E-state index in [1.165, 1.54) is 38.1 Å². The van der Waals surface area contributed by atoms with Crippen molar-refractivity contribution in [3.63, 3.8) is 0 Å². The molecule has 342 valence electrons. The minimum absolute atomic E-state index is 0. The van der Waals surface area contributed by atoms with Crippen molar-refractivity contribution in [2.24, 2.45) is 14.1 Å². The van der Waals surface area contributed by atoms with Crippen LogP contribution in [0.5, 0.6) is 11.5 Å². The summed E-state index contributed by atoms with van der Waals surface area (Å²) in [4.78, 5) is 9.66. The predicted molar refractivity (Wildman–Crippen MR) is 281 cm³/mol. The van der Waals surface area contributed by atoms with E-state index >= 15 is 0 Å². The van der Waals surface area contributed by atoms with Gasteiger partial charge in [0.1, 0.15) is 5.82 Å². The molecule has 0 amide bonds. The first-order valence-corrected chi connectivity index (χ1v) is 23.2. The van der Waals surface area contributed by atoms with Gasteiger partial charge in [-0.1, -0.05) is 105 Å². The molecule has 0 saturated carbocycles. The smallest absolute Gasteiger partial charge is 0.135 e. The van der Waals surface area contributed by atoms with E-state index in [0.717, 1.165) is 72.5 Å². The van der Waals surface area contributed by atoms with Crippen LogP contribution in [0.2, 0.25) is 0 Å². The number of hydrogen-bond donors (Lipinski definition) is 0. The molecule has 0 unspecified atom stereocenters. The minimum Gasteiger partial charge on any atom is -0.509 e. The topological polar surface area (TPSA) is 67.2 Å². The van der Waals surface area contributed by atoms with Gasteiger partial charge in [-0.3, -0.25) is 0 Å². The van der Waals surface area contributed by atoms with Gasteiger partial charge < -0.3 is 28.2 Å². The average molecular weight is 1090 g/mol. The molecule has 13 rings (SSSR count). The fourth-order valence-electron chi connectivity index (χ4n) is 10.8. The molecule has 0 saturated heterocycles. The summed E-state index contributed by atoms with van der Waals surface area (Å²) in [6, 6.07) is 66.3. The Bertz CT molecular complexity index is 4040. The van der Waals surface area contributed by atoms with Crippen LogP contribution in [-0.4, -0.2) is 18.7 Å². The molecule has 5 heterocycles. The van der Waals surface area contributed by atoms with Gasteiger partial charge in [0.25, 0.3) is 0 Å². The van der Waals surface area contributed by atoms with Crippen molar-refractivity contribution in [3.8, 4) is 34.5 Å². The number of aryl methyl sites for hydroxylation is 2. The van der Waals surface area contributed by atoms with Gasteiger partial charge in [-0.05, 0) is 76.5 Å². The van der Waals surface area contributed by atoms with Crippen LogP contribution in [0.3, 0.4) is 0 Å². The summed E-state index contributed by atoms with van der Waals surface area (Å²) < 4.78 is 13.5. The Morgan fingerprint density at radius 1 is 0.586 bits per heavy atom. The van der Waals surface area contributed by atoms with Crippen molar-refractivity contribution in [1.82, 2.24) is 18.7 Å². The second-order valence-electron chi connectivity index (χ2n) is 19.0. The van der Waals surface area contributed by atoms with Crippen molar-refractivity contribution in [2.45, 2.75) is 26.2 Å². The summed E-state index contributed by atoms with van der Waals surface area (Å²) in [5.41, 5.74) is 14.3. The van der Waals surface area contributed by atoms with Crippen LogP contribution >= 0.6 is 0 Å². The van der Waals surface area contributed by atoms with Crippen molar-refractivity contribution < 1.29 is 25.8 Å². The molecule has 0 radical (unpaired) electrons. The number of hydrogen-bond acceptors (Lipinski definition) is 5. The molecule has 0 N–H and O–H groups in total. The Hall–Kier alpha value is -8.11. The van der Waals surface area contributed by atoms with Crippen molar-refractivity contribution in [3.05, 3.63) is 200 Å². The van der Waals surface area contributed by atoms with Gasteiger partial charge in [-0.15, -0.1) is 48.1 Å². The van der Waals surface area contributed by atoms with Gasteiger partial charge >= 0.3 is 0 Å². The number of aromatic nitrogens is 4. The molecule has 8 aromatic carbocycles. The van der Waals surface area contributed by atoms with E-state index in [4.69, 9.17) is 9.72 Å². The molecule has 1 aliphatic heterocycles. The summed E-state index contributed by atoms with van der Waals surface area (Å²) in [5.74, 6) is 1.85. The Kier molecular flexibility index (Phi) is 10.0. The average Bonchev–Trinajstić information content (AvgIpc) is 4.09. The third kappa shape index (κ3) is 6.56. The first-order chi connectivity index (χ1) is 33.6. The zero-order valence-electron chi connectivity index (χ0n) is 39.1. The van der Waals surface area contributed by atoms with E-state index < -0.39 is 0 Å². The summed E-state index contributed by atoms with van der Waals surface area (Å²) in [6.45, 7) is 8.89. The second kappa shape index (κ2) is 16.3. The van der Waals surface area contributed by atoms with Gasteiger partial charge in [0.15, 0.2) is 0 Å². The molecule has 8 nitrogen and oxygen atoms in total. The summed E-state index contributed by atoms with van der Waals surface area (Å²) >= 11 is 0. The van der Waals surface area contributed by atoms with E-state index in [0.29, 0.717) is 17.1 Å². The van der Waals surface area contributed by atoms with Crippen LogP contribution < -0.4 is 14.5 Å². The minimum atomic E-state index is -0.176. The van der Waals surface area contributed by atoms with Crippen LogP contribution in [0.1, 0.15) is 31.9 Å². The number of benzene rings is 8. The van der Waals surface area contributed by atoms with Gasteiger partial charge in [0, 0.05) is 108 Å². The molecule has 9 heteroatoms. The molecule has 0 aliphatic carbocycles. The van der Waals surface area contributed by atoms with Gasteiger partial charge in [-0.2, -0.15) is 17.4 Å². The molecule has 0 fully saturated rings. The Morgan fingerprint density at radius 3 is 1.91 bits per heavy atom. The van der Waals surface area contributed by atoms with E-state index in [9.17, 15) is 5.26 Å². The van der Waals surface area contributed by atoms with E-state index in [2.05, 4.69) is 205 Å². The molecule has 4 aromatic heterocycles. The van der Waals surface area contributed by atoms with Gasteiger partial charge in [0.05, 0.1) is 28.4 Å². The maximum atomic E-state index is 9.94. The van der Waals surface area contributed by atoms with E-state index in [-0.39, 0.29) is 26.5 Å². The Labute approximate surface area is 420 Å². The number of para-hydroxylation sites is 4. The first kappa shape index (κ1) is 43.2. The molecule has 0 atom stereocenters. The second-order valence-corrected chi connectivity index (χ2v) is 19.0. The molecule has 0 bridgehead atoms.